The van der Waals surface area contributed by atoms with E-state index in [2.05, 4.69) is 549 Å². The van der Waals surface area contributed by atoms with Crippen LogP contribution in [0.2, 0.25) is 0 Å². The fourth-order valence-electron chi connectivity index (χ4n) is 25.4. The van der Waals surface area contributed by atoms with Gasteiger partial charge in [0.15, 0.2) is 0 Å². The van der Waals surface area contributed by atoms with Crippen LogP contribution in [-0.2, 0) is 0 Å². The number of aromatic nitrogens is 6. The molecule has 6 aromatic heterocycles. The number of rotatable bonds is 7. The van der Waals surface area contributed by atoms with Crippen molar-refractivity contribution in [1.82, 2.24) is 27.4 Å². The molecule has 0 aliphatic heterocycles. The molecular weight excluding hydrogens is 1770 g/mol. The van der Waals surface area contributed by atoms with Crippen LogP contribution in [0.3, 0.4) is 0 Å². The number of nitrogens with zero attached hydrogens (tertiary/aromatic N) is 6. The van der Waals surface area contributed by atoms with Gasteiger partial charge in [0.25, 0.3) is 0 Å². The number of hydrogen-bond donors (Lipinski definition) is 0. The second-order valence-electron chi connectivity index (χ2n) is 39.1. The molecule has 0 aliphatic carbocycles. The molecule has 0 fully saturated rings. The van der Waals surface area contributed by atoms with Crippen molar-refractivity contribution < 1.29 is 0 Å². The molecule has 0 amide bonds. The highest BCUT2D eigenvalue weighted by molar-refractivity contribution is 6.41. The van der Waals surface area contributed by atoms with E-state index in [1.165, 1.54) is 283 Å². The Morgan fingerprint density at radius 2 is 0.342 bits per heavy atom. The summed E-state index contributed by atoms with van der Waals surface area (Å²) < 4.78 is 14.8. The van der Waals surface area contributed by atoms with Gasteiger partial charge in [-0.25, -0.2) is 0 Å². The molecule has 6 nitrogen and oxygen atoms in total. The molecular formula is C140H86N6. The largest absolute Gasteiger partial charge is 0.309 e. The number of hydrogen-bond acceptors (Lipinski definition) is 0. The summed E-state index contributed by atoms with van der Waals surface area (Å²) >= 11 is 0. The van der Waals surface area contributed by atoms with Crippen molar-refractivity contribution in [2.45, 2.75) is 0 Å². The summed E-state index contributed by atoms with van der Waals surface area (Å²) in [6, 6.07) is 192. The SMILES string of the molecule is c1ccc(-c2ccc(-n3c4ccccc4c4cc(-n5c6ccccc6c6c7c8ccccc8ccc7c7ccccc7c65)ccc43)cc2)cc1.c1ccc(-n2c3ccc(-n4c5ccccc5c5c6c7ccccc7ccc6c6ccccc6c54)cc3c3c4ccccc4ccc32)cc1.c1ccc2cc(-n3c4ccccc4c4cc(-n5c6ccccc6c6c7c8ccccc8ccc7c7ccccc7c65)ccc43)ccc2c1. The average molecular weight is 1850 g/mol. The van der Waals surface area contributed by atoms with Gasteiger partial charge in [-0.3, -0.25) is 0 Å². The van der Waals surface area contributed by atoms with E-state index in [1.54, 1.807) is 0 Å². The molecule has 0 unspecified atom stereocenters. The summed E-state index contributed by atoms with van der Waals surface area (Å²) in [6.07, 6.45) is 0. The first-order chi connectivity index (χ1) is 72.5. The lowest BCUT2D eigenvalue weighted by Gasteiger charge is -2.14. The molecule has 6 heterocycles. The van der Waals surface area contributed by atoms with Crippen LogP contribution in [0.1, 0.15) is 0 Å². The van der Waals surface area contributed by atoms with Crippen LogP contribution in [0, 0.1) is 0 Å². The average Bonchev–Trinajstić information content (AvgIpc) is 1.53. The predicted molar refractivity (Wildman–Crippen MR) is 623 cm³/mol. The van der Waals surface area contributed by atoms with Crippen molar-refractivity contribution >= 4 is 249 Å². The maximum atomic E-state index is 2.52. The second-order valence-corrected chi connectivity index (χ2v) is 39.1. The van der Waals surface area contributed by atoms with E-state index >= 15 is 0 Å². The van der Waals surface area contributed by atoms with Gasteiger partial charge in [0.2, 0.25) is 0 Å². The third-order valence-electron chi connectivity index (χ3n) is 31.5. The molecule has 0 saturated carbocycles. The first-order valence-electron chi connectivity index (χ1n) is 50.5. The lowest BCUT2D eigenvalue weighted by molar-refractivity contribution is 1.17. The zero-order valence-corrected chi connectivity index (χ0v) is 79.3. The van der Waals surface area contributed by atoms with Crippen LogP contribution in [-0.4, -0.2) is 27.4 Å². The van der Waals surface area contributed by atoms with Gasteiger partial charge in [-0.05, 0) is 225 Å². The minimum atomic E-state index is 1.16. The van der Waals surface area contributed by atoms with Crippen molar-refractivity contribution in [2.75, 3.05) is 0 Å². The molecule has 33 aromatic rings. The van der Waals surface area contributed by atoms with Gasteiger partial charge in [0.1, 0.15) is 0 Å². The molecule has 27 aromatic carbocycles. The summed E-state index contributed by atoms with van der Waals surface area (Å²) in [7, 11) is 0. The smallest absolute Gasteiger partial charge is 0.0626 e. The Kier molecular flexibility index (Phi) is 17.9. The van der Waals surface area contributed by atoms with E-state index in [0.717, 1.165) is 11.4 Å². The van der Waals surface area contributed by atoms with Crippen LogP contribution >= 0.6 is 0 Å². The summed E-state index contributed by atoms with van der Waals surface area (Å²) in [6.45, 7) is 0. The molecule has 33 rings (SSSR count). The summed E-state index contributed by atoms with van der Waals surface area (Å²) in [5, 5.41) is 43.5. The molecule has 676 valence electrons. The molecule has 0 bridgehead atoms. The molecule has 0 radical (unpaired) electrons. The topological polar surface area (TPSA) is 29.6 Å². The Morgan fingerprint density at radius 1 is 0.0959 bits per heavy atom. The van der Waals surface area contributed by atoms with E-state index < -0.39 is 0 Å². The number of para-hydroxylation sites is 6. The zero-order chi connectivity index (χ0) is 95.5. The van der Waals surface area contributed by atoms with Gasteiger partial charge in [-0.2, -0.15) is 0 Å². The van der Waals surface area contributed by atoms with E-state index in [9.17, 15) is 0 Å². The van der Waals surface area contributed by atoms with Crippen LogP contribution in [0.4, 0.5) is 0 Å². The normalized spacial score (nSPS) is 12.1. The lowest BCUT2D eigenvalue weighted by Crippen LogP contribution is -1.96. The Labute approximate surface area is 837 Å². The van der Waals surface area contributed by atoms with Gasteiger partial charge in [-0.15, -0.1) is 0 Å². The highest BCUT2D eigenvalue weighted by Crippen LogP contribution is 2.52. The molecule has 0 N–H and O–H groups in total. The van der Waals surface area contributed by atoms with Gasteiger partial charge >= 0.3 is 0 Å². The minimum absolute atomic E-state index is 1.16. The molecule has 0 spiro atoms. The first kappa shape index (κ1) is 81.4. The van der Waals surface area contributed by atoms with Gasteiger partial charge in [-0.1, -0.05) is 394 Å². The predicted octanol–water partition coefficient (Wildman–Crippen LogP) is 38.0. The van der Waals surface area contributed by atoms with Crippen molar-refractivity contribution in [3.05, 3.63) is 522 Å². The highest BCUT2D eigenvalue weighted by Gasteiger charge is 2.28. The van der Waals surface area contributed by atoms with Gasteiger partial charge in [0, 0.05) is 131 Å². The quantitative estimate of drug-likeness (QED) is 0.142. The summed E-state index contributed by atoms with van der Waals surface area (Å²) in [5.41, 5.74) is 24.1. The Balaban J connectivity index is 0.0000000995. The van der Waals surface area contributed by atoms with E-state index in [0.29, 0.717) is 0 Å². The third-order valence-corrected chi connectivity index (χ3v) is 31.5. The molecule has 6 heteroatoms. The van der Waals surface area contributed by atoms with Gasteiger partial charge in [0.05, 0.1) is 66.2 Å². The maximum Gasteiger partial charge on any atom is 0.0626 e. The Hall–Kier alpha value is -19.4. The van der Waals surface area contributed by atoms with Crippen LogP contribution < -0.4 is 0 Å². The first-order valence-corrected chi connectivity index (χ1v) is 50.5. The van der Waals surface area contributed by atoms with Crippen molar-refractivity contribution in [3.63, 3.8) is 0 Å². The maximum absolute atomic E-state index is 2.52. The molecule has 0 saturated heterocycles. The zero-order valence-electron chi connectivity index (χ0n) is 79.3. The Morgan fingerprint density at radius 3 is 0.760 bits per heavy atom. The van der Waals surface area contributed by atoms with E-state index in [-0.39, 0.29) is 0 Å². The minimum Gasteiger partial charge on any atom is -0.309 e. The molecule has 0 atom stereocenters. The summed E-state index contributed by atoms with van der Waals surface area (Å²) in [4.78, 5) is 0. The number of fused-ring (bicyclic) bond motifs is 42. The van der Waals surface area contributed by atoms with Crippen LogP contribution in [0.25, 0.3) is 295 Å². The van der Waals surface area contributed by atoms with Crippen molar-refractivity contribution in [2.24, 2.45) is 0 Å². The van der Waals surface area contributed by atoms with E-state index in [1.807, 2.05) is 0 Å². The van der Waals surface area contributed by atoms with Crippen LogP contribution in [0.15, 0.2) is 522 Å². The second kappa shape index (κ2) is 32.1. The Bertz CT molecular complexity index is 11400. The fraction of sp³-hybridized carbons (Fsp3) is 0. The van der Waals surface area contributed by atoms with Crippen LogP contribution in [0.5, 0.6) is 0 Å². The molecule has 0 aliphatic rings. The fourth-order valence-corrected chi connectivity index (χ4v) is 25.4. The summed E-state index contributed by atoms with van der Waals surface area (Å²) in [5.74, 6) is 0. The van der Waals surface area contributed by atoms with Crippen molar-refractivity contribution in [1.29, 1.82) is 0 Å². The lowest BCUT2D eigenvalue weighted by atomic mass is 9.93. The standard InChI is InChI=1S/C48H30N2.2C46H28N2/c1-2-12-31(13-3-1)32-22-25-34(26-23-32)49-43-20-10-8-17-38(43)42-30-35(27-29-45(42)49)50-44-21-11-9-19-41(44)47-46-36-15-5-4-14-33(36)24-28-39(46)37-16-6-7-18-40(37)48(47)50;1-2-13-31-27-32(23-21-29(31)11-1)47-41-19-9-7-16-36(41)40-28-33(24-26-43(40)47)48-42-20-10-8-18-39(42)45-44-34-14-4-3-12-30(34)22-25-37(44)35-15-5-6-17-38(35)46(45)48;1-2-14-31(15-3-1)47-41-27-24-32(28-39(41)43-33-16-6-4-13-30(33)23-26-42(43)47)48-40-21-11-10-20-38(40)45-44-34-17-7-5-12-29(34)22-25-36(44)35-18-8-9-19-37(35)46(45)48/h1-30H;2*1-28H. The number of benzene rings is 27. The highest BCUT2D eigenvalue weighted by atomic mass is 15.0. The van der Waals surface area contributed by atoms with Crippen molar-refractivity contribution in [3.8, 4) is 45.3 Å². The molecule has 146 heavy (non-hydrogen) atoms. The van der Waals surface area contributed by atoms with Gasteiger partial charge < -0.3 is 27.4 Å². The third kappa shape index (κ3) is 12.0. The van der Waals surface area contributed by atoms with E-state index in [4.69, 9.17) is 0 Å². The monoisotopic (exact) mass is 1850 g/mol.